The Balaban J connectivity index is 1.99. The van der Waals surface area contributed by atoms with Gasteiger partial charge in [0.1, 0.15) is 0 Å². The summed E-state index contributed by atoms with van der Waals surface area (Å²) in [4.78, 5) is 24.6. The van der Waals surface area contributed by atoms with E-state index in [1.165, 1.54) is 0 Å². The summed E-state index contributed by atoms with van der Waals surface area (Å²) in [5.74, 6) is -1.04. The molecule has 0 aromatic rings. The summed E-state index contributed by atoms with van der Waals surface area (Å²) >= 11 is 0. The maximum atomic E-state index is 11.3. The molecule has 114 valence electrons. The standard InChI is InChI=1S/C14H23NO5/c1-2-19-13(16)5-6-14(17)20-10-4-3-7-15-8-11-18-12-9-15/h5-6H,2-4,7-12H2,1H3/b6-5+. The summed E-state index contributed by atoms with van der Waals surface area (Å²) in [7, 11) is 0. The molecule has 1 fully saturated rings. The highest BCUT2D eigenvalue weighted by molar-refractivity contribution is 5.91. The average Bonchev–Trinajstić information content (AvgIpc) is 2.46. The second kappa shape index (κ2) is 10.4. The molecule has 0 bridgehead atoms. The van der Waals surface area contributed by atoms with Crippen molar-refractivity contribution < 1.29 is 23.8 Å². The van der Waals surface area contributed by atoms with Gasteiger partial charge in [-0.25, -0.2) is 9.59 Å². The number of morpholine rings is 1. The second-order valence-electron chi connectivity index (χ2n) is 4.41. The number of rotatable bonds is 8. The van der Waals surface area contributed by atoms with Crippen molar-refractivity contribution in [3.63, 3.8) is 0 Å². The van der Waals surface area contributed by atoms with Crippen molar-refractivity contribution in [1.82, 2.24) is 4.90 Å². The summed E-state index contributed by atoms with van der Waals surface area (Å²) in [6.07, 6.45) is 3.98. The highest BCUT2D eigenvalue weighted by atomic mass is 16.5. The molecule has 20 heavy (non-hydrogen) atoms. The monoisotopic (exact) mass is 285 g/mol. The van der Waals surface area contributed by atoms with Gasteiger partial charge in [-0.05, 0) is 26.3 Å². The Morgan fingerprint density at radius 1 is 1.10 bits per heavy atom. The second-order valence-corrected chi connectivity index (χ2v) is 4.41. The van der Waals surface area contributed by atoms with Crippen LogP contribution in [0.4, 0.5) is 0 Å². The Morgan fingerprint density at radius 2 is 1.75 bits per heavy atom. The van der Waals surface area contributed by atoms with Crippen LogP contribution < -0.4 is 0 Å². The predicted octanol–water partition coefficient (Wildman–Crippen LogP) is 0.761. The topological polar surface area (TPSA) is 65.1 Å². The highest BCUT2D eigenvalue weighted by Crippen LogP contribution is 2.00. The van der Waals surface area contributed by atoms with Gasteiger partial charge >= 0.3 is 11.9 Å². The molecule has 0 N–H and O–H groups in total. The molecular weight excluding hydrogens is 262 g/mol. The Bertz CT molecular complexity index is 324. The van der Waals surface area contributed by atoms with E-state index in [-0.39, 0.29) is 0 Å². The average molecular weight is 285 g/mol. The molecule has 6 nitrogen and oxygen atoms in total. The molecule has 0 spiro atoms. The maximum Gasteiger partial charge on any atom is 0.331 e. The lowest BCUT2D eigenvalue weighted by atomic mass is 10.3. The van der Waals surface area contributed by atoms with Gasteiger partial charge in [0.15, 0.2) is 0 Å². The number of hydrogen-bond donors (Lipinski definition) is 0. The Kier molecular flexibility index (Phi) is 8.66. The van der Waals surface area contributed by atoms with E-state index >= 15 is 0 Å². The van der Waals surface area contributed by atoms with Gasteiger partial charge in [0.2, 0.25) is 0 Å². The Labute approximate surface area is 119 Å². The van der Waals surface area contributed by atoms with Gasteiger partial charge in [-0.2, -0.15) is 0 Å². The van der Waals surface area contributed by atoms with E-state index in [9.17, 15) is 9.59 Å². The fraction of sp³-hybridized carbons (Fsp3) is 0.714. The molecule has 1 aliphatic rings. The van der Waals surface area contributed by atoms with E-state index in [2.05, 4.69) is 9.64 Å². The number of hydrogen-bond acceptors (Lipinski definition) is 6. The van der Waals surface area contributed by atoms with Crippen molar-refractivity contribution in [2.75, 3.05) is 46.1 Å². The van der Waals surface area contributed by atoms with Gasteiger partial charge in [-0.1, -0.05) is 0 Å². The van der Waals surface area contributed by atoms with Crippen molar-refractivity contribution in [2.45, 2.75) is 19.8 Å². The van der Waals surface area contributed by atoms with Crippen LogP contribution in [0.5, 0.6) is 0 Å². The number of nitrogens with zero attached hydrogens (tertiary/aromatic N) is 1. The molecular formula is C14H23NO5. The van der Waals surface area contributed by atoms with Crippen LogP contribution in [0, 0.1) is 0 Å². The molecule has 0 saturated carbocycles. The minimum Gasteiger partial charge on any atom is -0.463 e. The van der Waals surface area contributed by atoms with E-state index in [0.717, 1.165) is 57.8 Å². The minimum absolute atomic E-state index is 0.291. The van der Waals surface area contributed by atoms with Crippen LogP contribution in [-0.4, -0.2) is 62.9 Å². The van der Waals surface area contributed by atoms with Crippen LogP contribution >= 0.6 is 0 Å². The lowest BCUT2D eigenvalue weighted by Crippen LogP contribution is -2.36. The summed E-state index contributed by atoms with van der Waals surface area (Å²) in [6.45, 7) is 6.92. The third-order valence-electron chi connectivity index (χ3n) is 2.86. The fourth-order valence-electron chi connectivity index (χ4n) is 1.81. The molecule has 6 heteroatoms. The van der Waals surface area contributed by atoms with Crippen LogP contribution in [0.3, 0.4) is 0 Å². The normalized spacial score (nSPS) is 16.2. The van der Waals surface area contributed by atoms with Crippen molar-refractivity contribution in [3.8, 4) is 0 Å². The van der Waals surface area contributed by atoms with Crippen LogP contribution in [0.1, 0.15) is 19.8 Å². The molecule has 0 aromatic carbocycles. The van der Waals surface area contributed by atoms with Crippen LogP contribution in [0.15, 0.2) is 12.2 Å². The largest absolute Gasteiger partial charge is 0.463 e. The zero-order valence-corrected chi connectivity index (χ0v) is 12.0. The maximum absolute atomic E-state index is 11.3. The number of esters is 2. The Morgan fingerprint density at radius 3 is 2.40 bits per heavy atom. The van der Waals surface area contributed by atoms with E-state index in [0.29, 0.717) is 13.2 Å². The predicted molar refractivity (Wildman–Crippen MR) is 73.2 cm³/mol. The van der Waals surface area contributed by atoms with E-state index in [4.69, 9.17) is 9.47 Å². The first-order chi connectivity index (χ1) is 9.72. The zero-order chi connectivity index (χ0) is 14.6. The van der Waals surface area contributed by atoms with Crippen LogP contribution in [0.2, 0.25) is 0 Å². The molecule has 0 unspecified atom stereocenters. The van der Waals surface area contributed by atoms with Crippen molar-refractivity contribution in [3.05, 3.63) is 12.2 Å². The quantitative estimate of drug-likeness (QED) is 0.373. The van der Waals surface area contributed by atoms with Crippen LogP contribution in [-0.2, 0) is 23.8 Å². The number of carbonyl (C=O) groups is 2. The van der Waals surface area contributed by atoms with Gasteiger partial charge in [0.25, 0.3) is 0 Å². The van der Waals surface area contributed by atoms with Crippen molar-refractivity contribution in [2.24, 2.45) is 0 Å². The third kappa shape index (κ3) is 7.91. The SMILES string of the molecule is CCOC(=O)/C=C/C(=O)OCCCCN1CCOCC1. The summed E-state index contributed by atoms with van der Waals surface area (Å²) in [5, 5.41) is 0. The van der Waals surface area contributed by atoms with Gasteiger partial charge in [-0.3, -0.25) is 4.90 Å². The van der Waals surface area contributed by atoms with E-state index < -0.39 is 11.9 Å². The van der Waals surface area contributed by atoms with Crippen LogP contribution in [0.25, 0.3) is 0 Å². The lowest BCUT2D eigenvalue weighted by Gasteiger charge is -2.26. The smallest absolute Gasteiger partial charge is 0.331 e. The first-order valence-electron chi connectivity index (χ1n) is 7.04. The van der Waals surface area contributed by atoms with Gasteiger partial charge in [0.05, 0.1) is 26.4 Å². The first-order valence-corrected chi connectivity index (χ1v) is 7.04. The van der Waals surface area contributed by atoms with Gasteiger partial charge < -0.3 is 14.2 Å². The fourth-order valence-corrected chi connectivity index (χ4v) is 1.81. The number of carbonyl (C=O) groups excluding carboxylic acids is 2. The summed E-state index contributed by atoms with van der Waals surface area (Å²) in [6, 6.07) is 0. The van der Waals surface area contributed by atoms with Crippen molar-refractivity contribution >= 4 is 11.9 Å². The lowest BCUT2D eigenvalue weighted by molar-refractivity contribution is -0.140. The Hall–Kier alpha value is -1.40. The zero-order valence-electron chi connectivity index (χ0n) is 12.0. The summed E-state index contributed by atoms with van der Waals surface area (Å²) in [5.41, 5.74) is 0. The van der Waals surface area contributed by atoms with Crippen molar-refractivity contribution in [1.29, 1.82) is 0 Å². The third-order valence-corrected chi connectivity index (χ3v) is 2.86. The van der Waals surface area contributed by atoms with E-state index in [1.54, 1.807) is 6.92 Å². The number of unbranched alkanes of at least 4 members (excludes halogenated alkanes) is 1. The molecule has 1 rings (SSSR count). The van der Waals surface area contributed by atoms with Gasteiger partial charge in [0, 0.05) is 25.2 Å². The molecule has 1 heterocycles. The molecule has 0 radical (unpaired) electrons. The molecule has 0 aromatic heterocycles. The highest BCUT2D eigenvalue weighted by Gasteiger charge is 2.09. The van der Waals surface area contributed by atoms with Gasteiger partial charge in [-0.15, -0.1) is 0 Å². The first kappa shape index (κ1) is 16.7. The molecule has 0 atom stereocenters. The molecule has 1 aliphatic heterocycles. The van der Waals surface area contributed by atoms with E-state index in [1.807, 2.05) is 0 Å². The summed E-state index contributed by atoms with van der Waals surface area (Å²) < 4.78 is 14.9. The molecule has 0 amide bonds. The minimum atomic E-state index is -0.531. The molecule has 1 saturated heterocycles. The molecule has 0 aliphatic carbocycles. The number of ether oxygens (including phenoxy) is 3.